The molecule has 0 aliphatic carbocycles. The number of carboxylic acids is 1. The fraction of sp³-hybridized carbons (Fsp3) is 0.556. The van der Waals surface area contributed by atoms with Crippen LogP contribution in [0, 0.1) is 5.41 Å². The van der Waals surface area contributed by atoms with Gasteiger partial charge in [-0.2, -0.15) is 0 Å². The van der Waals surface area contributed by atoms with Crippen LogP contribution in [0.5, 0.6) is 0 Å². The molecule has 24 heavy (non-hydrogen) atoms. The molecule has 2 rings (SSSR count). The first-order chi connectivity index (χ1) is 11.2. The van der Waals surface area contributed by atoms with Gasteiger partial charge >= 0.3 is 5.97 Å². The van der Waals surface area contributed by atoms with Gasteiger partial charge in [-0.05, 0) is 23.1 Å². The third kappa shape index (κ3) is 5.31. The highest BCUT2D eigenvalue weighted by Gasteiger charge is 2.37. The highest BCUT2D eigenvalue weighted by molar-refractivity contribution is 9.10. The maximum atomic E-state index is 12.9. The van der Waals surface area contributed by atoms with Gasteiger partial charge in [0.2, 0.25) is 5.91 Å². The molecular formula is C18H25BrN2O3. The van der Waals surface area contributed by atoms with Crippen LogP contribution in [0.1, 0.15) is 32.8 Å². The first kappa shape index (κ1) is 18.9. The Balaban J connectivity index is 2.14. The number of hydrogen-bond acceptors (Lipinski definition) is 3. The first-order valence-electron chi connectivity index (χ1n) is 8.15. The van der Waals surface area contributed by atoms with Crippen LogP contribution in [-0.4, -0.2) is 52.5 Å². The summed E-state index contributed by atoms with van der Waals surface area (Å²) in [6.45, 7) is 8.85. The quantitative estimate of drug-likeness (QED) is 0.830. The summed E-state index contributed by atoms with van der Waals surface area (Å²) in [4.78, 5) is 27.9. The minimum Gasteiger partial charge on any atom is -0.481 e. The number of nitrogens with zero attached hydrogens (tertiary/aromatic N) is 2. The number of hydrogen-bond donors (Lipinski definition) is 1. The van der Waals surface area contributed by atoms with Crippen molar-refractivity contribution in [2.45, 2.75) is 39.8 Å². The fourth-order valence-corrected chi connectivity index (χ4v) is 3.52. The molecule has 1 aliphatic heterocycles. The Labute approximate surface area is 151 Å². The predicted molar refractivity (Wildman–Crippen MR) is 96.6 cm³/mol. The number of halogens is 1. The maximum Gasteiger partial charge on any atom is 0.305 e. The molecule has 132 valence electrons. The summed E-state index contributed by atoms with van der Waals surface area (Å²) in [5.41, 5.74) is 1.06. The Hall–Kier alpha value is -1.40. The van der Waals surface area contributed by atoms with Crippen LogP contribution < -0.4 is 0 Å². The molecule has 0 spiro atoms. The predicted octanol–water partition coefficient (Wildman–Crippen LogP) is 2.98. The van der Waals surface area contributed by atoms with Crippen LogP contribution in [0.2, 0.25) is 0 Å². The summed E-state index contributed by atoms with van der Waals surface area (Å²) in [7, 11) is 0. The maximum absolute atomic E-state index is 12.9. The third-order valence-corrected chi connectivity index (χ3v) is 4.50. The molecule has 1 saturated heterocycles. The van der Waals surface area contributed by atoms with Gasteiger partial charge in [-0.3, -0.25) is 14.5 Å². The number of rotatable bonds is 5. The van der Waals surface area contributed by atoms with Crippen LogP contribution in [0.15, 0.2) is 28.7 Å². The summed E-state index contributed by atoms with van der Waals surface area (Å²) in [6.07, 6.45) is -0.149. The van der Waals surface area contributed by atoms with Crippen LogP contribution >= 0.6 is 15.9 Å². The molecule has 1 atom stereocenters. The number of aliphatic carboxylic acids is 1. The Morgan fingerprint density at radius 1 is 1.33 bits per heavy atom. The Bertz CT molecular complexity index is 613. The standard InChI is InChI=1S/C18H25BrN2O3/c1-18(2,3)12-21-8-7-20(17(24)15(21)10-16(22)23)11-13-5-4-6-14(19)9-13/h4-6,9,15H,7-8,10-12H2,1-3H3,(H,22,23). The minimum atomic E-state index is -0.934. The SMILES string of the molecule is CC(C)(C)CN1CCN(Cc2cccc(Br)c2)C(=O)C1CC(=O)O. The van der Waals surface area contributed by atoms with Gasteiger partial charge in [-0.1, -0.05) is 48.8 Å². The highest BCUT2D eigenvalue weighted by Crippen LogP contribution is 2.23. The first-order valence-corrected chi connectivity index (χ1v) is 8.94. The molecule has 1 aromatic rings. The summed E-state index contributed by atoms with van der Waals surface area (Å²) in [5.74, 6) is -1.02. The van der Waals surface area contributed by atoms with Gasteiger partial charge in [-0.25, -0.2) is 0 Å². The summed E-state index contributed by atoms with van der Waals surface area (Å²) < 4.78 is 0.973. The van der Waals surface area contributed by atoms with Crippen LogP contribution in [0.25, 0.3) is 0 Å². The van der Waals surface area contributed by atoms with E-state index >= 15 is 0 Å². The molecular weight excluding hydrogens is 372 g/mol. The monoisotopic (exact) mass is 396 g/mol. The van der Waals surface area contributed by atoms with Crippen LogP contribution in [0.4, 0.5) is 0 Å². The Kier molecular flexibility index (Phi) is 6.04. The molecule has 1 fully saturated rings. The van der Waals surface area contributed by atoms with Gasteiger partial charge in [0.25, 0.3) is 0 Å². The zero-order valence-electron chi connectivity index (χ0n) is 14.5. The fourth-order valence-electron chi connectivity index (χ4n) is 3.08. The number of amides is 1. The van der Waals surface area contributed by atoms with E-state index in [1.54, 1.807) is 4.90 Å². The van der Waals surface area contributed by atoms with E-state index in [9.17, 15) is 14.7 Å². The molecule has 0 saturated carbocycles. The topological polar surface area (TPSA) is 60.9 Å². The molecule has 0 bridgehead atoms. The normalized spacial score (nSPS) is 19.6. The van der Waals surface area contributed by atoms with Crippen molar-refractivity contribution in [3.05, 3.63) is 34.3 Å². The second-order valence-electron chi connectivity index (χ2n) is 7.53. The lowest BCUT2D eigenvalue weighted by Gasteiger charge is -2.42. The molecule has 1 aliphatic rings. The van der Waals surface area contributed by atoms with Crippen molar-refractivity contribution in [2.75, 3.05) is 19.6 Å². The van der Waals surface area contributed by atoms with Gasteiger partial charge in [0.15, 0.2) is 0 Å². The number of benzene rings is 1. The molecule has 1 unspecified atom stereocenters. The van der Waals surface area contributed by atoms with E-state index in [1.807, 2.05) is 29.2 Å². The average Bonchev–Trinajstić information content (AvgIpc) is 2.44. The van der Waals surface area contributed by atoms with Gasteiger partial charge < -0.3 is 10.0 Å². The summed E-state index contributed by atoms with van der Waals surface area (Å²) in [6, 6.07) is 7.27. The lowest BCUT2D eigenvalue weighted by molar-refractivity contribution is -0.150. The summed E-state index contributed by atoms with van der Waals surface area (Å²) in [5, 5.41) is 9.21. The molecule has 0 radical (unpaired) electrons. The average molecular weight is 397 g/mol. The third-order valence-electron chi connectivity index (χ3n) is 4.00. The van der Waals surface area contributed by atoms with Crippen molar-refractivity contribution in [1.29, 1.82) is 0 Å². The minimum absolute atomic E-state index is 0.0174. The van der Waals surface area contributed by atoms with Crippen molar-refractivity contribution >= 4 is 27.8 Å². The number of piperazine rings is 1. The van der Waals surface area contributed by atoms with Gasteiger partial charge in [0.1, 0.15) is 0 Å². The zero-order chi connectivity index (χ0) is 17.9. The summed E-state index contributed by atoms with van der Waals surface area (Å²) >= 11 is 3.44. The van der Waals surface area contributed by atoms with E-state index in [0.717, 1.165) is 10.0 Å². The zero-order valence-corrected chi connectivity index (χ0v) is 16.0. The van der Waals surface area contributed by atoms with Crippen molar-refractivity contribution in [1.82, 2.24) is 9.80 Å². The number of carbonyl (C=O) groups is 2. The van der Waals surface area contributed by atoms with Gasteiger partial charge in [-0.15, -0.1) is 0 Å². The van der Waals surface area contributed by atoms with E-state index in [-0.39, 0.29) is 17.7 Å². The largest absolute Gasteiger partial charge is 0.481 e. The molecule has 5 nitrogen and oxygen atoms in total. The number of carboxylic acid groups (broad SMARTS) is 1. The van der Waals surface area contributed by atoms with E-state index in [0.29, 0.717) is 26.2 Å². The molecule has 1 amide bonds. The van der Waals surface area contributed by atoms with Gasteiger partial charge in [0.05, 0.1) is 12.5 Å². The van der Waals surface area contributed by atoms with E-state index < -0.39 is 12.0 Å². The van der Waals surface area contributed by atoms with E-state index in [1.165, 1.54) is 0 Å². The van der Waals surface area contributed by atoms with Crippen molar-refractivity contribution in [2.24, 2.45) is 5.41 Å². The highest BCUT2D eigenvalue weighted by atomic mass is 79.9. The van der Waals surface area contributed by atoms with Crippen molar-refractivity contribution < 1.29 is 14.7 Å². The van der Waals surface area contributed by atoms with Crippen LogP contribution in [0.3, 0.4) is 0 Å². The Morgan fingerprint density at radius 3 is 2.62 bits per heavy atom. The molecule has 1 N–H and O–H groups in total. The van der Waals surface area contributed by atoms with E-state index in [2.05, 4.69) is 36.7 Å². The lowest BCUT2D eigenvalue weighted by Crippen LogP contribution is -2.58. The van der Waals surface area contributed by atoms with Crippen molar-refractivity contribution in [3.8, 4) is 0 Å². The second-order valence-corrected chi connectivity index (χ2v) is 8.45. The molecule has 1 aromatic carbocycles. The van der Waals surface area contributed by atoms with Gasteiger partial charge in [0, 0.05) is 30.7 Å². The molecule has 6 heteroatoms. The Morgan fingerprint density at radius 2 is 2.04 bits per heavy atom. The second kappa shape index (κ2) is 7.66. The van der Waals surface area contributed by atoms with E-state index in [4.69, 9.17) is 0 Å². The number of carbonyl (C=O) groups excluding carboxylic acids is 1. The molecule has 0 aromatic heterocycles. The van der Waals surface area contributed by atoms with Crippen LogP contribution in [-0.2, 0) is 16.1 Å². The lowest BCUT2D eigenvalue weighted by atomic mass is 9.93. The smallest absolute Gasteiger partial charge is 0.305 e. The van der Waals surface area contributed by atoms with Crippen molar-refractivity contribution in [3.63, 3.8) is 0 Å². The molecule has 1 heterocycles.